The fourth-order valence-electron chi connectivity index (χ4n) is 10.2. The molecule has 1 aromatic carbocycles. The standard InChI is InChI=1S/C34H53NO3/c1-21(2)7-6-8-22(3)27-13-14-28-26-20-31(38-32(37)23-9-11-24(35)12-10-23)30-19-25(36)15-17-34(30,5)29(26)16-18-33(27,28)4/h9-12,21-22,25-31,36H,6-8,13-20,35H2,1-5H3. The summed E-state index contributed by atoms with van der Waals surface area (Å²) >= 11 is 0. The number of fused-ring (bicyclic) bond motifs is 5. The average Bonchev–Trinajstić information content (AvgIpc) is 3.22. The van der Waals surface area contributed by atoms with Crippen LogP contribution in [0.4, 0.5) is 5.69 Å². The van der Waals surface area contributed by atoms with E-state index in [1.54, 1.807) is 24.3 Å². The summed E-state index contributed by atoms with van der Waals surface area (Å²) in [6, 6.07) is 7.10. The van der Waals surface area contributed by atoms with Crippen molar-refractivity contribution in [3.8, 4) is 0 Å². The van der Waals surface area contributed by atoms with Gasteiger partial charge in [-0.15, -0.1) is 0 Å². The highest BCUT2D eigenvalue weighted by Gasteiger charge is 2.63. The molecule has 0 amide bonds. The molecule has 0 heterocycles. The molecular formula is C34H53NO3. The Hall–Kier alpha value is -1.55. The van der Waals surface area contributed by atoms with Gasteiger partial charge in [0, 0.05) is 11.6 Å². The summed E-state index contributed by atoms with van der Waals surface area (Å²) in [5.41, 5.74) is 7.62. The van der Waals surface area contributed by atoms with Gasteiger partial charge in [0.2, 0.25) is 0 Å². The highest BCUT2D eigenvalue weighted by molar-refractivity contribution is 5.89. The predicted octanol–water partition coefficient (Wildman–Crippen LogP) is 7.89. The average molecular weight is 524 g/mol. The van der Waals surface area contributed by atoms with Crippen molar-refractivity contribution in [3.05, 3.63) is 29.8 Å². The molecule has 0 radical (unpaired) electrons. The van der Waals surface area contributed by atoms with E-state index >= 15 is 0 Å². The van der Waals surface area contributed by atoms with Crippen LogP contribution in [-0.2, 0) is 4.74 Å². The van der Waals surface area contributed by atoms with Crippen LogP contribution in [0, 0.1) is 52.3 Å². The van der Waals surface area contributed by atoms with Crippen LogP contribution in [-0.4, -0.2) is 23.3 Å². The van der Waals surface area contributed by atoms with E-state index in [4.69, 9.17) is 10.5 Å². The maximum Gasteiger partial charge on any atom is 0.338 e. The lowest BCUT2D eigenvalue weighted by Crippen LogP contribution is -2.59. The molecule has 38 heavy (non-hydrogen) atoms. The Morgan fingerprint density at radius 3 is 2.34 bits per heavy atom. The van der Waals surface area contributed by atoms with Crippen LogP contribution in [0.5, 0.6) is 0 Å². The summed E-state index contributed by atoms with van der Waals surface area (Å²) in [6.07, 6.45) is 12.7. The molecule has 4 fully saturated rings. The van der Waals surface area contributed by atoms with Crippen LogP contribution in [0.2, 0.25) is 0 Å². The number of hydrogen-bond donors (Lipinski definition) is 2. The molecule has 4 aliphatic rings. The lowest BCUT2D eigenvalue weighted by atomic mass is 9.43. The Kier molecular flexibility index (Phi) is 7.95. The molecular weight excluding hydrogens is 470 g/mol. The van der Waals surface area contributed by atoms with Crippen molar-refractivity contribution >= 4 is 11.7 Å². The number of ether oxygens (including phenoxy) is 1. The zero-order chi connectivity index (χ0) is 27.2. The number of benzene rings is 1. The summed E-state index contributed by atoms with van der Waals surface area (Å²) in [5, 5.41) is 10.7. The molecule has 0 aromatic heterocycles. The van der Waals surface area contributed by atoms with Crippen LogP contribution in [0.25, 0.3) is 0 Å². The van der Waals surface area contributed by atoms with Crippen LogP contribution in [0.15, 0.2) is 24.3 Å². The first-order valence-electron chi connectivity index (χ1n) is 15.8. The van der Waals surface area contributed by atoms with E-state index in [1.807, 2.05) is 0 Å². The van der Waals surface area contributed by atoms with Gasteiger partial charge in [0.25, 0.3) is 0 Å². The highest BCUT2D eigenvalue weighted by atomic mass is 16.5. The number of rotatable bonds is 7. The number of aliphatic hydroxyl groups excluding tert-OH is 1. The summed E-state index contributed by atoms with van der Waals surface area (Å²) in [6.45, 7) is 12.3. The van der Waals surface area contributed by atoms with Gasteiger partial charge >= 0.3 is 5.97 Å². The molecule has 1 aromatic rings. The van der Waals surface area contributed by atoms with E-state index in [9.17, 15) is 9.90 Å². The van der Waals surface area contributed by atoms with Gasteiger partial charge in [0.1, 0.15) is 6.10 Å². The summed E-state index contributed by atoms with van der Waals surface area (Å²) in [4.78, 5) is 13.3. The molecule has 3 N–H and O–H groups in total. The number of hydrogen-bond acceptors (Lipinski definition) is 4. The molecule has 10 unspecified atom stereocenters. The molecule has 5 rings (SSSR count). The molecule has 0 saturated heterocycles. The normalized spacial score (nSPS) is 41.2. The Morgan fingerprint density at radius 1 is 0.947 bits per heavy atom. The summed E-state index contributed by atoms with van der Waals surface area (Å²) < 4.78 is 6.39. The second-order valence-electron chi connectivity index (χ2n) is 14.7. The number of nitrogens with two attached hydrogens (primary N) is 1. The van der Waals surface area contributed by atoms with E-state index in [2.05, 4.69) is 34.6 Å². The fraction of sp³-hybridized carbons (Fsp3) is 0.794. The Labute approximate surface area is 231 Å². The first kappa shape index (κ1) is 28.0. The van der Waals surface area contributed by atoms with Gasteiger partial charge in [-0.3, -0.25) is 0 Å². The van der Waals surface area contributed by atoms with Crippen molar-refractivity contribution in [2.24, 2.45) is 52.3 Å². The number of anilines is 1. The third kappa shape index (κ3) is 5.04. The molecule has 4 aliphatic carbocycles. The lowest BCUT2D eigenvalue weighted by molar-refractivity contribution is -0.173. The number of aliphatic hydroxyl groups is 1. The molecule has 212 valence electrons. The van der Waals surface area contributed by atoms with Gasteiger partial charge in [-0.1, -0.05) is 53.9 Å². The first-order valence-corrected chi connectivity index (χ1v) is 15.8. The molecule has 0 aliphatic heterocycles. The van der Waals surface area contributed by atoms with E-state index in [0.29, 0.717) is 28.5 Å². The molecule has 10 atom stereocenters. The SMILES string of the molecule is CC(C)CCCC(C)C1CCC2C3CC(OC(=O)c4ccc(N)cc4)C4CC(O)CCC4(C)C3CCC12C. The Balaban J connectivity index is 1.38. The molecule has 4 nitrogen and oxygen atoms in total. The predicted molar refractivity (Wildman–Crippen MR) is 155 cm³/mol. The van der Waals surface area contributed by atoms with Crippen molar-refractivity contribution in [2.45, 2.75) is 117 Å². The number of esters is 1. The second-order valence-corrected chi connectivity index (χ2v) is 14.7. The minimum atomic E-state index is -0.279. The first-order chi connectivity index (χ1) is 18.0. The van der Waals surface area contributed by atoms with Crippen LogP contribution < -0.4 is 5.73 Å². The minimum Gasteiger partial charge on any atom is -0.458 e. The summed E-state index contributed by atoms with van der Waals surface area (Å²) in [7, 11) is 0. The van der Waals surface area contributed by atoms with Crippen molar-refractivity contribution in [1.29, 1.82) is 0 Å². The largest absolute Gasteiger partial charge is 0.458 e. The fourth-order valence-corrected chi connectivity index (χ4v) is 10.2. The van der Waals surface area contributed by atoms with Crippen molar-refractivity contribution in [1.82, 2.24) is 0 Å². The van der Waals surface area contributed by atoms with Gasteiger partial charge in [0.05, 0.1) is 11.7 Å². The van der Waals surface area contributed by atoms with Crippen molar-refractivity contribution in [3.63, 3.8) is 0 Å². The zero-order valence-corrected chi connectivity index (χ0v) is 24.6. The maximum absolute atomic E-state index is 13.3. The number of nitrogen functional groups attached to an aromatic ring is 1. The van der Waals surface area contributed by atoms with Crippen LogP contribution >= 0.6 is 0 Å². The van der Waals surface area contributed by atoms with Crippen molar-refractivity contribution in [2.75, 3.05) is 5.73 Å². The maximum atomic E-state index is 13.3. The third-order valence-electron chi connectivity index (χ3n) is 12.2. The molecule has 0 bridgehead atoms. The van der Waals surface area contributed by atoms with Crippen molar-refractivity contribution < 1.29 is 14.6 Å². The van der Waals surface area contributed by atoms with Gasteiger partial charge in [-0.25, -0.2) is 4.79 Å². The quantitative estimate of drug-likeness (QED) is 0.281. The monoisotopic (exact) mass is 523 g/mol. The third-order valence-corrected chi connectivity index (χ3v) is 12.2. The Bertz CT molecular complexity index is 974. The van der Waals surface area contributed by atoms with Gasteiger partial charge in [0.15, 0.2) is 0 Å². The molecule has 4 saturated carbocycles. The van der Waals surface area contributed by atoms with E-state index < -0.39 is 0 Å². The van der Waals surface area contributed by atoms with Crippen LogP contribution in [0.3, 0.4) is 0 Å². The lowest BCUT2D eigenvalue weighted by Gasteiger charge is -2.62. The number of carbonyl (C=O) groups excluding carboxylic acids is 1. The number of carbonyl (C=O) groups is 1. The topological polar surface area (TPSA) is 72.5 Å². The minimum absolute atomic E-state index is 0.119. The van der Waals surface area contributed by atoms with E-state index in [1.165, 1.54) is 44.9 Å². The highest BCUT2D eigenvalue weighted by Crippen LogP contribution is 2.68. The zero-order valence-electron chi connectivity index (χ0n) is 24.6. The smallest absolute Gasteiger partial charge is 0.338 e. The van der Waals surface area contributed by atoms with E-state index in [-0.39, 0.29) is 29.5 Å². The Morgan fingerprint density at radius 2 is 1.63 bits per heavy atom. The van der Waals surface area contributed by atoms with Gasteiger partial charge in [-0.2, -0.15) is 0 Å². The van der Waals surface area contributed by atoms with E-state index in [0.717, 1.165) is 49.4 Å². The van der Waals surface area contributed by atoms with Crippen LogP contribution in [0.1, 0.15) is 116 Å². The summed E-state index contributed by atoms with van der Waals surface area (Å²) in [5.74, 6) is 4.41. The molecule has 4 heteroatoms. The second kappa shape index (κ2) is 10.8. The molecule has 0 spiro atoms. The van der Waals surface area contributed by atoms with Gasteiger partial charge < -0.3 is 15.6 Å². The van der Waals surface area contributed by atoms with Gasteiger partial charge in [-0.05, 0) is 122 Å².